The van der Waals surface area contributed by atoms with Crippen LogP contribution in [-0.2, 0) is 22.4 Å². The van der Waals surface area contributed by atoms with Gasteiger partial charge in [-0.25, -0.2) is 0 Å². The van der Waals surface area contributed by atoms with E-state index >= 15 is 0 Å². The lowest BCUT2D eigenvalue weighted by atomic mass is 9.71. The Hall–Kier alpha value is -2.86. The van der Waals surface area contributed by atoms with Crippen molar-refractivity contribution in [3.63, 3.8) is 0 Å². The summed E-state index contributed by atoms with van der Waals surface area (Å²) in [6.07, 6.45) is 0.121. The van der Waals surface area contributed by atoms with E-state index in [4.69, 9.17) is 0 Å². The standard InChI is InChI=1S/C22H25NO5/c24-18-9-6-16(7-10-18)8-11-20(26)23-13-12-22(21(27)28,19(25)15-23)14-17-4-2-1-3-5-17/h1-7,9-10,19,24-25H,8,11-15H2,(H,27,28)/t19?,22-/m1/s1. The molecule has 1 saturated heterocycles. The molecule has 2 aromatic carbocycles. The Morgan fingerprint density at radius 3 is 2.32 bits per heavy atom. The number of aliphatic hydroxyl groups is 1. The molecule has 148 valence electrons. The number of phenolic OH excluding ortho intramolecular Hbond substituents is 1. The molecule has 1 amide bonds. The summed E-state index contributed by atoms with van der Waals surface area (Å²) in [6.45, 7) is 0.331. The van der Waals surface area contributed by atoms with Crippen molar-refractivity contribution in [2.24, 2.45) is 5.41 Å². The maximum Gasteiger partial charge on any atom is 0.312 e. The first-order valence-electron chi connectivity index (χ1n) is 9.42. The molecule has 0 bridgehead atoms. The molecule has 28 heavy (non-hydrogen) atoms. The van der Waals surface area contributed by atoms with Gasteiger partial charge in [-0.2, -0.15) is 0 Å². The second kappa shape index (κ2) is 8.44. The minimum atomic E-state index is -1.28. The third-order valence-corrected chi connectivity index (χ3v) is 5.56. The van der Waals surface area contributed by atoms with Crippen molar-refractivity contribution in [2.45, 2.75) is 31.8 Å². The fourth-order valence-electron chi connectivity index (χ4n) is 3.77. The van der Waals surface area contributed by atoms with Gasteiger partial charge in [0, 0.05) is 19.5 Å². The average Bonchev–Trinajstić information content (AvgIpc) is 2.69. The zero-order valence-electron chi connectivity index (χ0n) is 15.6. The van der Waals surface area contributed by atoms with E-state index in [1.807, 2.05) is 30.3 Å². The number of hydrogen-bond donors (Lipinski definition) is 3. The van der Waals surface area contributed by atoms with Crippen LogP contribution >= 0.6 is 0 Å². The quantitative estimate of drug-likeness (QED) is 0.711. The van der Waals surface area contributed by atoms with Crippen LogP contribution in [0.4, 0.5) is 0 Å². The SMILES string of the molecule is O=C(CCc1ccc(O)cc1)N1CC[C@](Cc2ccccc2)(C(=O)O)C(O)C1. The van der Waals surface area contributed by atoms with Crippen LogP contribution in [0.3, 0.4) is 0 Å². The third-order valence-electron chi connectivity index (χ3n) is 5.56. The maximum atomic E-state index is 12.5. The van der Waals surface area contributed by atoms with Gasteiger partial charge in [0.25, 0.3) is 0 Å². The van der Waals surface area contributed by atoms with Crippen molar-refractivity contribution in [2.75, 3.05) is 13.1 Å². The van der Waals surface area contributed by atoms with Crippen molar-refractivity contribution >= 4 is 11.9 Å². The van der Waals surface area contributed by atoms with E-state index in [9.17, 15) is 24.9 Å². The number of benzene rings is 2. The van der Waals surface area contributed by atoms with Gasteiger partial charge in [-0.15, -0.1) is 0 Å². The van der Waals surface area contributed by atoms with Gasteiger partial charge >= 0.3 is 5.97 Å². The van der Waals surface area contributed by atoms with Gasteiger partial charge < -0.3 is 20.2 Å². The molecule has 1 aliphatic rings. The van der Waals surface area contributed by atoms with Gasteiger partial charge in [0.05, 0.1) is 6.10 Å². The summed E-state index contributed by atoms with van der Waals surface area (Å²) in [5.74, 6) is -0.955. The molecule has 1 unspecified atom stereocenters. The Balaban J connectivity index is 1.63. The highest BCUT2D eigenvalue weighted by Crippen LogP contribution is 2.36. The molecule has 6 heteroatoms. The molecule has 6 nitrogen and oxygen atoms in total. The van der Waals surface area contributed by atoms with Crippen LogP contribution in [0, 0.1) is 5.41 Å². The molecule has 3 N–H and O–H groups in total. The minimum Gasteiger partial charge on any atom is -0.508 e. The van der Waals surface area contributed by atoms with Crippen LogP contribution in [-0.4, -0.2) is 51.3 Å². The van der Waals surface area contributed by atoms with Crippen molar-refractivity contribution in [3.8, 4) is 5.75 Å². The summed E-state index contributed by atoms with van der Waals surface area (Å²) in [4.78, 5) is 26.1. The van der Waals surface area contributed by atoms with E-state index in [2.05, 4.69) is 0 Å². The Kier molecular flexibility index (Phi) is 5.99. The van der Waals surface area contributed by atoms with Crippen LogP contribution in [0.15, 0.2) is 54.6 Å². The molecule has 0 aromatic heterocycles. The monoisotopic (exact) mass is 383 g/mol. The molecule has 0 aliphatic carbocycles. The Labute approximate surface area is 164 Å². The summed E-state index contributed by atoms with van der Waals surface area (Å²) < 4.78 is 0. The molecule has 2 aromatic rings. The molecule has 1 fully saturated rings. The zero-order chi connectivity index (χ0) is 20.1. The number of rotatable bonds is 6. The van der Waals surface area contributed by atoms with Gasteiger partial charge in [0.1, 0.15) is 11.2 Å². The Morgan fingerprint density at radius 1 is 1.04 bits per heavy atom. The number of carboxylic acid groups (broad SMARTS) is 1. The minimum absolute atomic E-state index is 0.0214. The fourth-order valence-corrected chi connectivity index (χ4v) is 3.77. The molecule has 1 aliphatic heterocycles. The summed E-state index contributed by atoms with van der Waals surface area (Å²) >= 11 is 0. The van der Waals surface area contributed by atoms with Gasteiger partial charge in [-0.1, -0.05) is 42.5 Å². The average molecular weight is 383 g/mol. The van der Waals surface area contributed by atoms with Crippen LogP contribution < -0.4 is 0 Å². The number of likely N-dealkylation sites (tertiary alicyclic amines) is 1. The van der Waals surface area contributed by atoms with E-state index in [1.165, 1.54) is 0 Å². The molecule has 0 radical (unpaired) electrons. The number of carbonyl (C=O) groups is 2. The lowest BCUT2D eigenvalue weighted by Crippen LogP contribution is -2.57. The third kappa shape index (κ3) is 4.34. The molecule has 1 heterocycles. The second-order valence-corrected chi connectivity index (χ2v) is 7.40. The molecular formula is C22H25NO5. The number of aromatic hydroxyl groups is 1. The molecule has 2 atom stereocenters. The lowest BCUT2D eigenvalue weighted by molar-refractivity contribution is -0.166. The highest BCUT2D eigenvalue weighted by atomic mass is 16.4. The summed E-state index contributed by atoms with van der Waals surface area (Å²) in [6, 6.07) is 16.0. The van der Waals surface area contributed by atoms with E-state index in [0.717, 1.165) is 11.1 Å². The van der Waals surface area contributed by atoms with Crippen LogP contribution in [0.1, 0.15) is 24.0 Å². The van der Waals surface area contributed by atoms with Crippen molar-refractivity contribution in [1.29, 1.82) is 0 Å². The first-order valence-corrected chi connectivity index (χ1v) is 9.42. The number of aliphatic carboxylic acids is 1. The second-order valence-electron chi connectivity index (χ2n) is 7.40. The highest BCUT2D eigenvalue weighted by molar-refractivity contribution is 5.79. The molecular weight excluding hydrogens is 358 g/mol. The highest BCUT2D eigenvalue weighted by Gasteiger charge is 2.49. The summed E-state index contributed by atoms with van der Waals surface area (Å²) in [7, 11) is 0. The number of hydrogen-bond acceptors (Lipinski definition) is 4. The van der Waals surface area contributed by atoms with E-state index in [-0.39, 0.29) is 37.5 Å². The van der Waals surface area contributed by atoms with Crippen molar-refractivity contribution < 1.29 is 24.9 Å². The van der Waals surface area contributed by atoms with Crippen LogP contribution in [0.25, 0.3) is 0 Å². The maximum absolute atomic E-state index is 12.5. The fraction of sp³-hybridized carbons (Fsp3) is 0.364. The Bertz CT molecular complexity index is 821. The molecule has 0 spiro atoms. The van der Waals surface area contributed by atoms with Gasteiger partial charge in [-0.05, 0) is 42.5 Å². The van der Waals surface area contributed by atoms with Crippen molar-refractivity contribution in [3.05, 3.63) is 65.7 Å². The number of aryl methyl sites for hydroxylation is 1. The number of carbonyl (C=O) groups excluding carboxylic acids is 1. The van der Waals surface area contributed by atoms with Crippen molar-refractivity contribution in [1.82, 2.24) is 4.90 Å². The number of piperidine rings is 1. The normalized spacial score (nSPS) is 22.0. The molecule has 0 saturated carbocycles. The zero-order valence-corrected chi connectivity index (χ0v) is 15.6. The number of nitrogens with zero attached hydrogens (tertiary/aromatic N) is 1. The number of phenols is 1. The predicted octanol–water partition coefficient (Wildman–Crippen LogP) is 2.23. The van der Waals surface area contributed by atoms with E-state index in [0.29, 0.717) is 13.0 Å². The number of aliphatic hydroxyl groups excluding tert-OH is 1. The first kappa shape index (κ1) is 19.9. The topological polar surface area (TPSA) is 98.1 Å². The number of β-amino-alcohol motifs (C(OH)–C–C–N with tert-alkyl or cyclic N) is 1. The summed E-state index contributed by atoms with van der Waals surface area (Å²) in [5.41, 5.74) is 0.512. The number of amides is 1. The molecule has 3 rings (SSSR count). The number of carboxylic acids is 1. The Morgan fingerprint density at radius 2 is 1.71 bits per heavy atom. The first-order chi connectivity index (χ1) is 13.4. The largest absolute Gasteiger partial charge is 0.508 e. The van der Waals surface area contributed by atoms with E-state index < -0.39 is 17.5 Å². The smallest absolute Gasteiger partial charge is 0.312 e. The van der Waals surface area contributed by atoms with Gasteiger partial charge in [0.2, 0.25) is 5.91 Å². The van der Waals surface area contributed by atoms with Gasteiger partial charge in [0.15, 0.2) is 0 Å². The van der Waals surface area contributed by atoms with Gasteiger partial charge in [-0.3, -0.25) is 9.59 Å². The van der Waals surface area contributed by atoms with Crippen LogP contribution in [0.5, 0.6) is 5.75 Å². The lowest BCUT2D eigenvalue weighted by Gasteiger charge is -2.43. The van der Waals surface area contributed by atoms with Crippen LogP contribution in [0.2, 0.25) is 0 Å². The predicted molar refractivity (Wildman–Crippen MR) is 104 cm³/mol. The summed E-state index contributed by atoms with van der Waals surface area (Å²) in [5, 5.41) is 29.8. The van der Waals surface area contributed by atoms with E-state index in [1.54, 1.807) is 29.2 Å².